The average Bonchev–Trinajstić information content (AvgIpc) is 2.83. The van der Waals surface area contributed by atoms with E-state index in [1.807, 2.05) is 13.8 Å². The van der Waals surface area contributed by atoms with E-state index in [2.05, 4.69) is 5.32 Å². The molecule has 35 heavy (non-hydrogen) atoms. The van der Waals surface area contributed by atoms with Crippen LogP contribution in [0.1, 0.15) is 41.5 Å². The summed E-state index contributed by atoms with van der Waals surface area (Å²) in [6, 6.07) is 9.87. The van der Waals surface area contributed by atoms with Crippen molar-refractivity contribution in [3.63, 3.8) is 0 Å². The van der Waals surface area contributed by atoms with Crippen LogP contribution in [0.5, 0.6) is 5.75 Å². The molecule has 0 bridgehead atoms. The van der Waals surface area contributed by atoms with E-state index < -0.39 is 11.7 Å². The summed E-state index contributed by atoms with van der Waals surface area (Å²) in [6.07, 6.45) is -0.294. The van der Waals surface area contributed by atoms with Gasteiger partial charge in [0.1, 0.15) is 18.2 Å². The number of carbonyl (C=O) groups is 3. The van der Waals surface area contributed by atoms with E-state index in [1.54, 1.807) is 31.2 Å². The second kappa shape index (κ2) is 11.3. The quantitative estimate of drug-likeness (QED) is 0.720. The molecule has 0 aromatic heterocycles. The van der Waals surface area contributed by atoms with Crippen molar-refractivity contribution < 1.29 is 28.2 Å². The molecule has 1 aliphatic rings. The maximum atomic E-state index is 13.5. The van der Waals surface area contributed by atoms with Gasteiger partial charge < -0.3 is 24.6 Å². The number of fused-ring (bicyclic) bond motifs is 1. The predicted octanol–water partition coefficient (Wildman–Crippen LogP) is 3.43. The molecule has 0 spiro atoms. The zero-order valence-electron chi connectivity index (χ0n) is 20.7. The Balaban J connectivity index is 1.94. The molecule has 0 unspecified atom stereocenters. The standard InChI is InChI=1S/C26H32FN3O5/c1-16-13-30(18(3)31)17(2)15-35-23-10-9-21(28-25(32)19-7-6-8-20(27)11-19)12-22(23)26(33)29(4)14-24(16)34-5/h6-12,16-17,24H,13-15H2,1-5H3,(H,28,32)/t16-,17-,24+/m1/s1. The Kier molecular flexibility index (Phi) is 8.45. The average molecular weight is 486 g/mol. The van der Waals surface area contributed by atoms with Gasteiger partial charge in [-0.15, -0.1) is 0 Å². The molecule has 2 aromatic carbocycles. The van der Waals surface area contributed by atoms with E-state index in [4.69, 9.17) is 9.47 Å². The number of carbonyl (C=O) groups excluding carboxylic acids is 3. The zero-order chi connectivity index (χ0) is 25.7. The molecule has 0 saturated heterocycles. The lowest BCUT2D eigenvalue weighted by molar-refractivity contribution is -0.133. The highest BCUT2D eigenvalue weighted by Gasteiger charge is 2.29. The first-order valence-corrected chi connectivity index (χ1v) is 11.5. The highest BCUT2D eigenvalue weighted by atomic mass is 19.1. The molecule has 2 aromatic rings. The van der Waals surface area contributed by atoms with Crippen molar-refractivity contribution in [1.29, 1.82) is 0 Å². The lowest BCUT2D eigenvalue weighted by Crippen LogP contribution is -2.48. The third-order valence-electron chi connectivity index (χ3n) is 6.19. The molecular formula is C26H32FN3O5. The van der Waals surface area contributed by atoms with E-state index in [0.29, 0.717) is 24.5 Å². The van der Waals surface area contributed by atoms with E-state index in [1.165, 1.54) is 36.1 Å². The van der Waals surface area contributed by atoms with Gasteiger partial charge >= 0.3 is 0 Å². The number of nitrogens with one attached hydrogen (secondary N) is 1. The highest BCUT2D eigenvalue weighted by Crippen LogP contribution is 2.27. The summed E-state index contributed by atoms with van der Waals surface area (Å²) in [4.78, 5) is 41.6. The monoisotopic (exact) mass is 485 g/mol. The Labute approximate surface area is 205 Å². The van der Waals surface area contributed by atoms with Crippen molar-refractivity contribution in [1.82, 2.24) is 9.80 Å². The fourth-order valence-corrected chi connectivity index (χ4v) is 4.13. The molecule has 188 valence electrons. The summed E-state index contributed by atoms with van der Waals surface area (Å²) in [5.74, 6) is -1.08. The second-order valence-electron chi connectivity index (χ2n) is 8.94. The fraction of sp³-hybridized carbons (Fsp3) is 0.423. The zero-order valence-corrected chi connectivity index (χ0v) is 20.7. The molecule has 0 fully saturated rings. The minimum atomic E-state index is -0.518. The van der Waals surface area contributed by atoms with Gasteiger partial charge in [0.15, 0.2) is 0 Å². The maximum absolute atomic E-state index is 13.5. The molecule has 8 nitrogen and oxygen atoms in total. The lowest BCUT2D eigenvalue weighted by atomic mass is 10.0. The lowest BCUT2D eigenvalue weighted by Gasteiger charge is -2.35. The van der Waals surface area contributed by atoms with Crippen LogP contribution < -0.4 is 10.1 Å². The molecule has 1 N–H and O–H groups in total. The number of hydrogen-bond donors (Lipinski definition) is 1. The van der Waals surface area contributed by atoms with E-state index >= 15 is 0 Å². The highest BCUT2D eigenvalue weighted by molar-refractivity contribution is 6.05. The Morgan fingerprint density at radius 3 is 2.54 bits per heavy atom. The van der Waals surface area contributed by atoms with Crippen LogP contribution in [0.25, 0.3) is 0 Å². The predicted molar refractivity (Wildman–Crippen MR) is 130 cm³/mol. The smallest absolute Gasteiger partial charge is 0.257 e. The number of rotatable bonds is 3. The largest absolute Gasteiger partial charge is 0.491 e. The van der Waals surface area contributed by atoms with Crippen molar-refractivity contribution >= 4 is 23.4 Å². The van der Waals surface area contributed by atoms with Crippen LogP contribution in [0.2, 0.25) is 0 Å². The SMILES string of the molecule is CO[C@H]1CN(C)C(=O)c2cc(NC(=O)c3cccc(F)c3)ccc2OC[C@@H](C)N(C(C)=O)C[C@H]1C. The summed E-state index contributed by atoms with van der Waals surface area (Å²) in [7, 11) is 3.25. The van der Waals surface area contributed by atoms with E-state index in [0.717, 1.165) is 6.07 Å². The maximum Gasteiger partial charge on any atom is 0.257 e. The van der Waals surface area contributed by atoms with Gasteiger partial charge in [-0.05, 0) is 43.3 Å². The molecular weight excluding hydrogens is 453 g/mol. The third kappa shape index (κ3) is 6.36. The Hall–Kier alpha value is -3.46. The van der Waals surface area contributed by atoms with Crippen molar-refractivity contribution in [3.8, 4) is 5.75 Å². The van der Waals surface area contributed by atoms with Crippen molar-refractivity contribution in [2.75, 3.05) is 39.2 Å². The minimum absolute atomic E-state index is 0.0302. The Morgan fingerprint density at radius 1 is 1.14 bits per heavy atom. The first-order valence-electron chi connectivity index (χ1n) is 11.5. The number of likely N-dealkylation sites (N-methyl/N-ethyl adjacent to an activating group) is 1. The number of nitrogens with zero attached hydrogens (tertiary/aromatic N) is 2. The van der Waals surface area contributed by atoms with Crippen LogP contribution >= 0.6 is 0 Å². The van der Waals surface area contributed by atoms with E-state index in [9.17, 15) is 18.8 Å². The first-order chi connectivity index (χ1) is 16.6. The molecule has 0 radical (unpaired) electrons. The van der Waals surface area contributed by atoms with Crippen LogP contribution in [0.3, 0.4) is 0 Å². The number of anilines is 1. The molecule has 3 rings (SSSR count). The van der Waals surface area contributed by atoms with E-state index in [-0.39, 0.29) is 47.6 Å². The summed E-state index contributed by atoms with van der Waals surface area (Å²) < 4.78 is 25.2. The summed E-state index contributed by atoms with van der Waals surface area (Å²) in [6.45, 7) is 6.35. The van der Waals surface area contributed by atoms with Gasteiger partial charge in [-0.3, -0.25) is 14.4 Å². The molecule has 3 atom stereocenters. The van der Waals surface area contributed by atoms with Gasteiger partial charge in [0.05, 0.1) is 17.7 Å². The van der Waals surface area contributed by atoms with Crippen molar-refractivity contribution in [2.24, 2.45) is 5.92 Å². The van der Waals surface area contributed by atoms with Crippen LogP contribution in [0, 0.1) is 11.7 Å². The van der Waals surface area contributed by atoms with Gasteiger partial charge in [0.25, 0.3) is 11.8 Å². The Morgan fingerprint density at radius 2 is 1.89 bits per heavy atom. The molecule has 3 amide bonds. The van der Waals surface area contributed by atoms with Crippen LogP contribution in [0.4, 0.5) is 10.1 Å². The fourth-order valence-electron chi connectivity index (χ4n) is 4.13. The molecule has 9 heteroatoms. The van der Waals surface area contributed by atoms with Crippen molar-refractivity contribution in [3.05, 3.63) is 59.4 Å². The minimum Gasteiger partial charge on any atom is -0.491 e. The van der Waals surface area contributed by atoms with Gasteiger partial charge in [-0.1, -0.05) is 13.0 Å². The number of ether oxygens (including phenoxy) is 2. The van der Waals surface area contributed by atoms with Gasteiger partial charge in [0, 0.05) is 51.3 Å². The second-order valence-corrected chi connectivity index (χ2v) is 8.94. The summed E-state index contributed by atoms with van der Waals surface area (Å²) in [5.41, 5.74) is 0.784. The van der Waals surface area contributed by atoms with Gasteiger partial charge in [0.2, 0.25) is 5.91 Å². The molecule has 1 heterocycles. The summed E-state index contributed by atoms with van der Waals surface area (Å²) >= 11 is 0. The normalized spacial score (nSPS) is 21.3. The number of halogens is 1. The van der Waals surface area contributed by atoms with Crippen LogP contribution in [0.15, 0.2) is 42.5 Å². The number of methoxy groups -OCH3 is 1. The van der Waals surface area contributed by atoms with Crippen molar-refractivity contribution in [2.45, 2.75) is 32.9 Å². The number of amides is 3. The van der Waals surface area contributed by atoms with Crippen LogP contribution in [-0.2, 0) is 9.53 Å². The first kappa shape index (κ1) is 26.2. The van der Waals surface area contributed by atoms with Gasteiger partial charge in [-0.2, -0.15) is 0 Å². The van der Waals surface area contributed by atoms with Crippen LogP contribution in [-0.4, -0.2) is 73.5 Å². The third-order valence-corrected chi connectivity index (χ3v) is 6.19. The molecule has 0 saturated carbocycles. The summed E-state index contributed by atoms with van der Waals surface area (Å²) in [5, 5.41) is 2.71. The number of benzene rings is 2. The molecule has 0 aliphatic carbocycles. The number of hydrogen-bond acceptors (Lipinski definition) is 5. The van der Waals surface area contributed by atoms with Gasteiger partial charge in [-0.25, -0.2) is 4.39 Å². The molecule has 1 aliphatic heterocycles. The Bertz CT molecular complexity index is 1090. The topological polar surface area (TPSA) is 88.2 Å².